The summed E-state index contributed by atoms with van der Waals surface area (Å²) in [5.41, 5.74) is 2.31. The zero-order valence-electron chi connectivity index (χ0n) is 11.1. The SMILES string of the molecule is CCc1cc(CN2CCC(C(=O)O)C2)n(CC)n1. The van der Waals surface area contributed by atoms with E-state index < -0.39 is 5.97 Å². The predicted octanol–water partition coefficient (Wildman–Crippen LogP) is 1.37. The summed E-state index contributed by atoms with van der Waals surface area (Å²) in [7, 11) is 0. The van der Waals surface area contributed by atoms with Crippen molar-refractivity contribution in [3.05, 3.63) is 17.5 Å². The third-order valence-corrected chi connectivity index (χ3v) is 3.58. The standard InChI is InChI=1S/C13H21N3O2/c1-3-11-7-12(16(4-2)14-11)9-15-6-5-10(8-15)13(17)18/h7,10H,3-6,8-9H2,1-2H3,(H,17,18). The van der Waals surface area contributed by atoms with Gasteiger partial charge in [-0.15, -0.1) is 0 Å². The van der Waals surface area contributed by atoms with Crippen LogP contribution in [-0.2, 0) is 24.3 Å². The van der Waals surface area contributed by atoms with Crippen molar-refractivity contribution in [2.24, 2.45) is 5.92 Å². The Labute approximate surface area is 107 Å². The molecule has 0 bridgehead atoms. The van der Waals surface area contributed by atoms with Gasteiger partial charge in [-0.05, 0) is 32.4 Å². The largest absolute Gasteiger partial charge is 0.481 e. The van der Waals surface area contributed by atoms with E-state index in [1.807, 2.05) is 4.68 Å². The molecular weight excluding hydrogens is 230 g/mol. The van der Waals surface area contributed by atoms with E-state index in [2.05, 4.69) is 29.9 Å². The molecule has 0 aromatic carbocycles. The van der Waals surface area contributed by atoms with Crippen molar-refractivity contribution >= 4 is 5.97 Å². The van der Waals surface area contributed by atoms with Crippen LogP contribution in [0.25, 0.3) is 0 Å². The van der Waals surface area contributed by atoms with Crippen LogP contribution < -0.4 is 0 Å². The Morgan fingerprint density at radius 3 is 2.89 bits per heavy atom. The van der Waals surface area contributed by atoms with Crippen molar-refractivity contribution in [3.63, 3.8) is 0 Å². The van der Waals surface area contributed by atoms with Crippen molar-refractivity contribution in [2.45, 2.75) is 39.8 Å². The van der Waals surface area contributed by atoms with Crippen molar-refractivity contribution in [1.29, 1.82) is 0 Å². The van der Waals surface area contributed by atoms with Crippen molar-refractivity contribution in [3.8, 4) is 0 Å². The molecule has 0 aliphatic carbocycles. The predicted molar refractivity (Wildman–Crippen MR) is 68.3 cm³/mol. The van der Waals surface area contributed by atoms with Crippen molar-refractivity contribution in [1.82, 2.24) is 14.7 Å². The average Bonchev–Trinajstić information content (AvgIpc) is 2.96. The summed E-state index contributed by atoms with van der Waals surface area (Å²) in [5, 5.41) is 13.5. The van der Waals surface area contributed by atoms with Crippen LogP contribution in [0, 0.1) is 5.92 Å². The number of hydrogen-bond acceptors (Lipinski definition) is 3. The van der Waals surface area contributed by atoms with Gasteiger partial charge in [0.25, 0.3) is 0 Å². The van der Waals surface area contributed by atoms with Crippen LogP contribution in [0.2, 0.25) is 0 Å². The Bertz CT molecular complexity index is 428. The van der Waals surface area contributed by atoms with Crippen LogP contribution in [0.4, 0.5) is 0 Å². The number of aryl methyl sites for hydroxylation is 2. The highest BCUT2D eigenvalue weighted by Crippen LogP contribution is 2.19. The highest BCUT2D eigenvalue weighted by Gasteiger charge is 2.28. The molecule has 0 radical (unpaired) electrons. The molecule has 5 heteroatoms. The van der Waals surface area contributed by atoms with Gasteiger partial charge in [0.1, 0.15) is 0 Å². The topological polar surface area (TPSA) is 58.4 Å². The van der Waals surface area contributed by atoms with E-state index in [-0.39, 0.29) is 5.92 Å². The Kier molecular flexibility index (Phi) is 4.01. The number of rotatable bonds is 5. The van der Waals surface area contributed by atoms with Gasteiger partial charge in [0.2, 0.25) is 0 Å². The molecular formula is C13H21N3O2. The van der Waals surface area contributed by atoms with Crippen LogP contribution in [0.3, 0.4) is 0 Å². The van der Waals surface area contributed by atoms with Gasteiger partial charge in [-0.3, -0.25) is 14.4 Å². The lowest BCUT2D eigenvalue weighted by Crippen LogP contribution is -2.24. The Balaban J connectivity index is 2.01. The lowest BCUT2D eigenvalue weighted by Gasteiger charge is -2.15. The van der Waals surface area contributed by atoms with Crippen LogP contribution in [0.1, 0.15) is 31.7 Å². The van der Waals surface area contributed by atoms with Crippen LogP contribution in [0.5, 0.6) is 0 Å². The van der Waals surface area contributed by atoms with Gasteiger partial charge in [0.05, 0.1) is 17.3 Å². The van der Waals surface area contributed by atoms with E-state index in [9.17, 15) is 4.79 Å². The lowest BCUT2D eigenvalue weighted by molar-refractivity contribution is -0.141. The number of aliphatic carboxylic acids is 1. The quantitative estimate of drug-likeness (QED) is 0.858. The summed E-state index contributed by atoms with van der Waals surface area (Å²) < 4.78 is 2.02. The van der Waals surface area contributed by atoms with Crippen LogP contribution in [-0.4, -0.2) is 38.8 Å². The van der Waals surface area contributed by atoms with Crippen molar-refractivity contribution < 1.29 is 9.90 Å². The van der Waals surface area contributed by atoms with E-state index in [1.165, 1.54) is 5.69 Å². The molecule has 1 unspecified atom stereocenters. The first kappa shape index (κ1) is 13.1. The van der Waals surface area contributed by atoms with Crippen LogP contribution >= 0.6 is 0 Å². The summed E-state index contributed by atoms with van der Waals surface area (Å²) in [6.45, 7) is 7.39. The monoisotopic (exact) mass is 251 g/mol. The molecule has 2 rings (SSSR count). The molecule has 1 aromatic heterocycles. The maximum absolute atomic E-state index is 10.9. The second-order valence-electron chi connectivity index (χ2n) is 4.86. The first-order valence-electron chi connectivity index (χ1n) is 6.64. The van der Waals surface area contributed by atoms with E-state index in [0.29, 0.717) is 6.54 Å². The first-order valence-corrected chi connectivity index (χ1v) is 6.64. The number of aromatic nitrogens is 2. The maximum atomic E-state index is 10.9. The average molecular weight is 251 g/mol. The van der Waals surface area contributed by atoms with Gasteiger partial charge < -0.3 is 5.11 Å². The molecule has 0 saturated carbocycles. The number of carboxylic acids is 1. The maximum Gasteiger partial charge on any atom is 0.307 e. The van der Waals surface area contributed by atoms with E-state index in [0.717, 1.165) is 38.2 Å². The summed E-state index contributed by atoms with van der Waals surface area (Å²) in [6.07, 6.45) is 1.70. The molecule has 1 aromatic rings. The first-order chi connectivity index (χ1) is 8.63. The second-order valence-corrected chi connectivity index (χ2v) is 4.86. The number of nitrogens with zero attached hydrogens (tertiary/aromatic N) is 3. The second kappa shape index (κ2) is 5.52. The molecule has 5 nitrogen and oxygen atoms in total. The number of likely N-dealkylation sites (tertiary alicyclic amines) is 1. The fourth-order valence-corrected chi connectivity index (χ4v) is 2.50. The Morgan fingerprint density at radius 2 is 2.33 bits per heavy atom. The molecule has 1 fully saturated rings. The molecule has 1 atom stereocenters. The van der Waals surface area contributed by atoms with Gasteiger partial charge in [-0.25, -0.2) is 0 Å². The minimum absolute atomic E-state index is 0.200. The lowest BCUT2D eigenvalue weighted by atomic mass is 10.1. The molecule has 1 aliphatic heterocycles. The molecule has 1 saturated heterocycles. The smallest absolute Gasteiger partial charge is 0.307 e. The molecule has 1 N–H and O–H groups in total. The molecule has 100 valence electrons. The Morgan fingerprint density at radius 1 is 1.56 bits per heavy atom. The zero-order valence-corrected chi connectivity index (χ0v) is 11.1. The fourth-order valence-electron chi connectivity index (χ4n) is 2.50. The molecule has 18 heavy (non-hydrogen) atoms. The van der Waals surface area contributed by atoms with Gasteiger partial charge in [0, 0.05) is 19.6 Å². The Hall–Kier alpha value is -1.36. The molecule has 1 aliphatic rings. The van der Waals surface area contributed by atoms with E-state index >= 15 is 0 Å². The van der Waals surface area contributed by atoms with Crippen molar-refractivity contribution in [2.75, 3.05) is 13.1 Å². The molecule has 2 heterocycles. The van der Waals surface area contributed by atoms with E-state index in [4.69, 9.17) is 5.11 Å². The van der Waals surface area contributed by atoms with Crippen LogP contribution in [0.15, 0.2) is 6.07 Å². The van der Waals surface area contributed by atoms with Gasteiger partial charge in [0.15, 0.2) is 0 Å². The minimum Gasteiger partial charge on any atom is -0.481 e. The third-order valence-electron chi connectivity index (χ3n) is 3.58. The summed E-state index contributed by atoms with van der Waals surface area (Å²) >= 11 is 0. The van der Waals surface area contributed by atoms with Gasteiger partial charge >= 0.3 is 5.97 Å². The summed E-state index contributed by atoms with van der Waals surface area (Å²) in [4.78, 5) is 13.1. The number of carbonyl (C=O) groups is 1. The van der Waals surface area contributed by atoms with E-state index in [1.54, 1.807) is 0 Å². The zero-order chi connectivity index (χ0) is 13.1. The summed E-state index contributed by atoms with van der Waals surface area (Å²) in [5.74, 6) is -0.871. The fraction of sp³-hybridized carbons (Fsp3) is 0.692. The third kappa shape index (κ3) is 2.72. The number of carboxylic acid groups (broad SMARTS) is 1. The summed E-state index contributed by atoms with van der Waals surface area (Å²) in [6, 6.07) is 2.14. The minimum atomic E-state index is -0.671. The van der Waals surface area contributed by atoms with Gasteiger partial charge in [-0.1, -0.05) is 6.92 Å². The highest BCUT2D eigenvalue weighted by molar-refractivity contribution is 5.70. The normalized spacial score (nSPS) is 20.4. The molecule has 0 amide bonds. The van der Waals surface area contributed by atoms with Gasteiger partial charge in [-0.2, -0.15) is 5.10 Å². The molecule has 0 spiro atoms. The highest BCUT2D eigenvalue weighted by atomic mass is 16.4. The number of hydrogen-bond donors (Lipinski definition) is 1.